The van der Waals surface area contributed by atoms with Gasteiger partial charge in [0.15, 0.2) is 0 Å². The fourth-order valence-corrected chi connectivity index (χ4v) is 2.73. The van der Waals surface area contributed by atoms with E-state index in [1.165, 1.54) is 6.92 Å². The van der Waals surface area contributed by atoms with Crippen molar-refractivity contribution in [1.29, 1.82) is 0 Å². The van der Waals surface area contributed by atoms with Crippen LogP contribution in [0.3, 0.4) is 0 Å². The molecular weight excluding hydrogens is 366 g/mol. The van der Waals surface area contributed by atoms with Crippen molar-refractivity contribution in [3.8, 4) is 0 Å². The molecule has 3 N–H and O–H groups in total. The van der Waals surface area contributed by atoms with E-state index in [1.54, 1.807) is 0 Å². The predicted octanol–water partition coefficient (Wildman–Crippen LogP) is 1.99. The predicted molar refractivity (Wildman–Crippen MR) is 104 cm³/mol. The largest absolute Gasteiger partial charge is 0.347 e. The van der Waals surface area contributed by atoms with E-state index in [1.807, 2.05) is 54.6 Å². The smallest absolute Gasteiger partial charge is 0.239 e. The van der Waals surface area contributed by atoms with Crippen LogP contribution in [-0.2, 0) is 20.8 Å². The van der Waals surface area contributed by atoms with Gasteiger partial charge in [-0.2, -0.15) is 0 Å². The molecule has 2 rings (SSSR count). The van der Waals surface area contributed by atoms with Crippen molar-refractivity contribution in [2.45, 2.75) is 19.4 Å². The minimum absolute atomic E-state index is 0.162. The zero-order chi connectivity index (χ0) is 19.6. The summed E-state index contributed by atoms with van der Waals surface area (Å²) in [5, 5.41) is 8.42. The molecule has 0 aliphatic heterocycles. The van der Waals surface area contributed by atoms with Crippen LogP contribution in [-0.4, -0.2) is 30.8 Å². The SMILES string of the molecule is CC(=O)NCC(=O)NCC(=O)NC(Cc1ccccc1Cl)c1ccccc1. The molecule has 0 aliphatic carbocycles. The van der Waals surface area contributed by atoms with Gasteiger partial charge in [-0.25, -0.2) is 0 Å². The van der Waals surface area contributed by atoms with Crippen molar-refractivity contribution in [3.63, 3.8) is 0 Å². The summed E-state index contributed by atoms with van der Waals surface area (Å²) in [4.78, 5) is 34.7. The normalized spacial score (nSPS) is 11.3. The first kappa shape index (κ1) is 20.5. The second kappa shape index (κ2) is 10.3. The summed E-state index contributed by atoms with van der Waals surface area (Å²) in [6.07, 6.45) is 0.523. The van der Waals surface area contributed by atoms with Crippen molar-refractivity contribution in [1.82, 2.24) is 16.0 Å². The number of rotatable bonds is 8. The lowest BCUT2D eigenvalue weighted by Crippen LogP contribution is -2.42. The van der Waals surface area contributed by atoms with Crippen LogP contribution in [0.2, 0.25) is 5.02 Å². The zero-order valence-corrected chi connectivity index (χ0v) is 15.8. The van der Waals surface area contributed by atoms with Crippen molar-refractivity contribution < 1.29 is 14.4 Å². The van der Waals surface area contributed by atoms with Gasteiger partial charge in [-0.1, -0.05) is 60.1 Å². The third-order valence-corrected chi connectivity index (χ3v) is 4.23. The fraction of sp³-hybridized carbons (Fsp3) is 0.250. The molecule has 0 heterocycles. The molecular formula is C20H22ClN3O3. The van der Waals surface area contributed by atoms with Crippen LogP contribution in [0.25, 0.3) is 0 Å². The number of hydrogen-bond donors (Lipinski definition) is 3. The van der Waals surface area contributed by atoms with E-state index in [9.17, 15) is 14.4 Å². The Kier molecular flexibility index (Phi) is 7.82. The van der Waals surface area contributed by atoms with Crippen LogP contribution in [0.1, 0.15) is 24.1 Å². The highest BCUT2D eigenvalue weighted by atomic mass is 35.5. The number of carbonyl (C=O) groups excluding carboxylic acids is 3. The van der Waals surface area contributed by atoms with Gasteiger partial charge in [-0.15, -0.1) is 0 Å². The van der Waals surface area contributed by atoms with Gasteiger partial charge in [0.1, 0.15) is 0 Å². The summed E-state index contributed by atoms with van der Waals surface area (Å²) in [7, 11) is 0. The highest BCUT2D eigenvalue weighted by Gasteiger charge is 2.17. The fourth-order valence-electron chi connectivity index (χ4n) is 2.51. The Hall–Kier alpha value is -2.86. The molecule has 2 aromatic rings. The summed E-state index contributed by atoms with van der Waals surface area (Å²) in [5.41, 5.74) is 1.86. The molecule has 1 atom stereocenters. The first-order valence-corrected chi connectivity index (χ1v) is 8.92. The highest BCUT2D eigenvalue weighted by Crippen LogP contribution is 2.23. The van der Waals surface area contributed by atoms with Gasteiger partial charge < -0.3 is 16.0 Å². The molecule has 1 unspecified atom stereocenters. The van der Waals surface area contributed by atoms with E-state index in [4.69, 9.17) is 11.6 Å². The first-order chi connectivity index (χ1) is 13.0. The van der Waals surface area contributed by atoms with Crippen LogP contribution >= 0.6 is 11.6 Å². The van der Waals surface area contributed by atoms with E-state index < -0.39 is 5.91 Å². The van der Waals surface area contributed by atoms with Gasteiger partial charge in [0.2, 0.25) is 17.7 Å². The Balaban J connectivity index is 2.00. The molecule has 2 aromatic carbocycles. The number of hydrogen-bond acceptors (Lipinski definition) is 3. The monoisotopic (exact) mass is 387 g/mol. The van der Waals surface area contributed by atoms with E-state index in [0.717, 1.165) is 11.1 Å². The van der Waals surface area contributed by atoms with Gasteiger partial charge >= 0.3 is 0 Å². The third-order valence-electron chi connectivity index (χ3n) is 3.86. The molecule has 0 bridgehead atoms. The van der Waals surface area contributed by atoms with E-state index in [2.05, 4.69) is 16.0 Å². The Morgan fingerprint density at radius 3 is 2.19 bits per heavy atom. The maximum Gasteiger partial charge on any atom is 0.239 e. The average Bonchev–Trinajstić information content (AvgIpc) is 2.66. The van der Waals surface area contributed by atoms with Crippen molar-refractivity contribution >= 4 is 29.3 Å². The van der Waals surface area contributed by atoms with E-state index >= 15 is 0 Å². The van der Waals surface area contributed by atoms with Crippen LogP contribution < -0.4 is 16.0 Å². The maximum absolute atomic E-state index is 12.3. The number of carbonyl (C=O) groups is 3. The first-order valence-electron chi connectivity index (χ1n) is 8.54. The number of halogens is 1. The topological polar surface area (TPSA) is 87.3 Å². The lowest BCUT2D eigenvalue weighted by atomic mass is 9.98. The van der Waals surface area contributed by atoms with Gasteiger partial charge in [0, 0.05) is 11.9 Å². The molecule has 27 heavy (non-hydrogen) atoms. The van der Waals surface area contributed by atoms with Crippen LogP contribution in [0.5, 0.6) is 0 Å². The molecule has 0 fully saturated rings. The Bertz CT molecular complexity index is 796. The lowest BCUT2D eigenvalue weighted by Gasteiger charge is -2.20. The molecule has 0 aromatic heterocycles. The van der Waals surface area contributed by atoms with Crippen molar-refractivity contribution in [2.75, 3.05) is 13.1 Å². The number of nitrogens with one attached hydrogen (secondary N) is 3. The quantitative estimate of drug-likeness (QED) is 0.647. The molecule has 0 spiro atoms. The molecule has 0 radical (unpaired) electrons. The van der Waals surface area contributed by atoms with Gasteiger partial charge in [-0.3, -0.25) is 14.4 Å². The minimum atomic E-state index is -0.428. The highest BCUT2D eigenvalue weighted by molar-refractivity contribution is 6.31. The van der Waals surface area contributed by atoms with Crippen LogP contribution in [0, 0.1) is 0 Å². The summed E-state index contributed by atoms with van der Waals surface area (Å²) in [6, 6.07) is 16.7. The van der Waals surface area contributed by atoms with Crippen LogP contribution in [0.15, 0.2) is 54.6 Å². The van der Waals surface area contributed by atoms with E-state index in [-0.39, 0.29) is 30.9 Å². The average molecular weight is 388 g/mol. The third kappa shape index (κ3) is 7.11. The molecule has 7 heteroatoms. The summed E-state index contributed by atoms with van der Waals surface area (Å²) < 4.78 is 0. The van der Waals surface area contributed by atoms with Crippen molar-refractivity contribution in [3.05, 3.63) is 70.7 Å². The Morgan fingerprint density at radius 1 is 0.889 bits per heavy atom. The summed E-state index contributed by atoms with van der Waals surface area (Å²) >= 11 is 6.25. The molecule has 0 aliphatic rings. The molecule has 0 saturated carbocycles. The molecule has 0 saturated heterocycles. The van der Waals surface area contributed by atoms with Gasteiger partial charge in [-0.05, 0) is 23.6 Å². The summed E-state index contributed by atoms with van der Waals surface area (Å²) in [5.74, 6) is -1.06. The second-order valence-electron chi connectivity index (χ2n) is 6.01. The minimum Gasteiger partial charge on any atom is -0.347 e. The number of amides is 3. The zero-order valence-electron chi connectivity index (χ0n) is 15.0. The summed E-state index contributed by atoms with van der Waals surface area (Å²) in [6.45, 7) is 0.980. The molecule has 142 valence electrons. The van der Waals surface area contributed by atoms with E-state index in [0.29, 0.717) is 11.4 Å². The molecule has 6 nitrogen and oxygen atoms in total. The molecule has 3 amide bonds. The second-order valence-corrected chi connectivity index (χ2v) is 6.42. The van der Waals surface area contributed by atoms with Crippen LogP contribution in [0.4, 0.5) is 0 Å². The van der Waals surface area contributed by atoms with Gasteiger partial charge in [0.25, 0.3) is 0 Å². The number of benzene rings is 2. The lowest BCUT2D eigenvalue weighted by molar-refractivity contribution is -0.127. The standard InChI is InChI=1S/C20H22ClN3O3/c1-14(25)22-12-19(26)23-13-20(27)24-18(15-7-3-2-4-8-15)11-16-9-5-6-10-17(16)21/h2-10,18H,11-13H2,1H3,(H,22,25)(H,23,26)(H,24,27). The Morgan fingerprint density at radius 2 is 1.52 bits per heavy atom. The van der Waals surface area contributed by atoms with Gasteiger partial charge in [0.05, 0.1) is 19.1 Å². The Labute approximate surface area is 163 Å². The maximum atomic E-state index is 12.3. The van der Waals surface area contributed by atoms with Crippen molar-refractivity contribution in [2.24, 2.45) is 0 Å².